The van der Waals surface area contributed by atoms with Gasteiger partial charge in [-0.05, 0) is 48.9 Å². The van der Waals surface area contributed by atoms with Crippen LogP contribution in [0.5, 0.6) is 0 Å². The van der Waals surface area contributed by atoms with Gasteiger partial charge in [-0.15, -0.1) is 0 Å². The third kappa shape index (κ3) is 5.25. The molecule has 0 aliphatic heterocycles. The molecule has 0 aliphatic carbocycles. The summed E-state index contributed by atoms with van der Waals surface area (Å²) in [6.45, 7) is 13.2. The van der Waals surface area contributed by atoms with Crippen molar-refractivity contribution in [1.82, 2.24) is 0 Å². The van der Waals surface area contributed by atoms with Crippen molar-refractivity contribution in [2.75, 3.05) is 16.8 Å². The standard InChI is InChI=1S/C23H32N2O2/c1-7-25(19-12-9-8-10-13-19)18(6)27-23(26)24-22-20(16(2)3)14-11-15-21(22)17(4)5/h8-18H,7H2,1-6H3,(H,24,26). The first kappa shape index (κ1) is 20.8. The molecule has 1 unspecified atom stereocenters. The maximum atomic E-state index is 12.7. The average molecular weight is 369 g/mol. The number of ether oxygens (including phenoxy) is 1. The van der Waals surface area contributed by atoms with Gasteiger partial charge in [0.2, 0.25) is 0 Å². The van der Waals surface area contributed by atoms with Crippen molar-refractivity contribution in [3.63, 3.8) is 0 Å². The predicted octanol–water partition coefficient (Wildman–Crippen LogP) is 6.35. The molecule has 0 saturated heterocycles. The third-order valence-corrected chi connectivity index (χ3v) is 4.75. The number of carbonyl (C=O) groups is 1. The normalized spacial score (nSPS) is 12.1. The first-order chi connectivity index (χ1) is 12.8. The van der Waals surface area contributed by atoms with Crippen LogP contribution in [0, 0.1) is 0 Å². The van der Waals surface area contributed by atoms with Gasteiger partial charge < -0.3 is 9.64 Å². The molecule has 4 heteroatoms. The lowest BCUT2D eigenvalue weighted by Crippen LogP contribution is -2.37. The first-order valence-electron chi connectivity index (χ1n) is 9.77. The quantitative estimate of drug-likeness (QED) is 0.579. The summed E-state index contributed by atoms with van der Waals surface area (Å²) in [7, 11) is 0. The summed E-state index contributed by atoms with van der Waals surface area (Å²) >= 11 is 0. The highest BCUT2D eigenvalue weighted by Gasteiger charge is 2.20. The van der Waals surface area contributed by atoms with Gasteiger partial charge in [0.25, 0.3) is 0 Å². The maximum absolute atomic E-state index is 12.7. The lowest BCUT2D eigenvalue weighted by Gasteiger charge is -2.30. The molecule has 1 amide bonds. The van der Waals surface area contributed by atoms with E-state index in [1.165, 1.54) is 0 Å². The van der Waals surface area contributed by atoms with E-state index in [9.17, 15) is 4.79 Å². The van der Waals surface area contributed by atoms with Crippen molar-refractivity contribution in [2.45, 2.75) is 59.6 Å². The zero-order valence-electron chi connectivity index (χ0n) is 17.3. The SMILES string of the molecule is CCN(c1ccccc1)C(C)OC(=O)Nc1c(C(C)C)cccc1C(C)C. The number of amides is 1. The Hall–Kier alpha value is -2.49. The van der Waals surface area contributed by atoms with Crippen LogP contribution < -0.4 is 10.2 Å². The molecule has 0 saturated carbocycles. The molecule has 0 aliphatic rings. The molecule has 2 aromatic carbocycles. The topological polar surface area (TPSA) is 41.6 Å². The summed E-state index contributed by atoms with van der Waals surface area (Å²) in [6.07, 6.45) is -0.794. The molecule has 0 radical (unpaired) electrons. The van der Waals surface area contributed by atoms with Gasteiger partial charge in [-0.25, -0.2) is 4.79 Å². The molecule has 0 fully saturated rings. The van der Waals surface area contributed by atoms with E-state index in [1.807, 2.05) is 37.3 Å². The van der Waals surface area contributed by atoms with Crippen molar-refractivity contribution in [3.05, 3.63) is 59.7 Å². The molecule has 0 heterocycles. The highest BCUT2D eigenvalue weighted by Crippen LogP contribution is 2.32. The Kier molecular flexibility index (Phi) is 7.28. The molecule has 27 heavy (non-hydrogen) atoms. The number of benzene rings is 2. The van der Waals surface area contributed by atoms with Crippen molar-refractivity contribution in [1.29, 1.82) is 0 Å². The minimum atomic E-state index is -0.424. The van der Waals surface area contributed by atoms with E-state index in [0.717, 1.165) is 29.0 Å². The molecule has 1 N–H and O–H groups in total. The van der Waals surface area contributed by atoms with E-state index in [2.05, 4.69) is 63.0 Å². The van der Waals surface area contributed by atoms with Gasteiger partial charge in [0, 0.05) is 12.2 Å². The van der Waals surface area contributed by atoms with Gasteiger partial charge in [0.05, 0.1) is 5.69 Å². The Morgan fingerprint density at radius 1 is 0.926 bits per heavy atom. The lowest BCUT2D eigenvalue weighted by atomic mass is 9.93. The molecular formula is C23H32N2O2. The van der Waals surface area contributed by atoms with E-state index >= 15 is 0 Å². The minimum Gasteiger partial charge on any atom is -0.425 e. The highest BCUT2D eigenvalue weighted by atomic mass is 16.6. The summed E-state index contributed by atoms with van der Waals surface area (Å²) in [5, 5.41) is 3.02. The van der Waals surface area contributed by atoms with Crippen LogP contribution in [-0.4, -0.2) is 18.9 Å². The Morgan fingerprint density at radius 3 is 1.96 bits per heavy atom. The zero-order valence-corrected chi connectivity index (χ0v) is 17.3. The van der Waals surface area contributed by atoms with E-state index in [4.69, 9.17) is 4.74 Å². The van der Waals surface area contributed by atoms with Crippen molar-refractivity contribution in [2.24, 2.45) is 0 Å². The molecule has 0 bridgehead atoms. The van der Waals surface area contributed by atoms with E-state index in [-0.39, 0.29) is 6.23 Å². The van der Waals surface area contributed by atoms with Crippen LogP contribution in [0.4, 0.5) is 16.2 Å². The van der Waals surface area contributed by atoms with E-state index in [0.29, 0.717) is 11.8 Å². The summed E-state index contributed by atoms with van der Waals surface area (Å²) in [6, 6.07) is 16.2. The molecule has 2 aromatic rings. The van der Waals surface area contributed by atoms with Crippen LogP contribution >= 0.6 is 0 Å². The largest absolute Gasteiger partial charge is 0.425 e. The molecule has 1 atom stereocenters. The highest BCUT2D eigenvalue weighted by molar-refractivity contribution is 5.87. The van der Waals surface area contributed by atoms with Crippen molar-refractivity contribution in [3.8, 4) is 0 Å². The fourth-order valence-corrected chi connectivity index (χ4v) is 3.31. The molecule has 4 nitrogen and oxygen atoms in total. The molecular weight excluding hydrogens is 336 g/mol. The number of anilines is 2. The smallest absolute Gasteiger partial charge is 0.413 e. The van der Waals surface area contributed by atoms with Crippen LogP contribution in [0.2, 0.25) is 0 Å². The maximum Gasteiger partial charge on any atom is 0.413 e. The molecule has 146 valence electrons. The summed E-state index contributed by atoms with van der Waals surface area (Å²) in [4.78, 5) is 14.7. The number of rotatable bonds is 7. The summed E-state index contributed by atoms with van der Waals surface area (Å²) in [5.74, 6) is 0.626. The van der Waals surface area contributed by atoms with Crippen LogP contribution in [0.1, 0.15) is 64.5 Å². The Labute approximate surface area is 163 Å². The number of nitrogens with one attached hydrogen (secondary N) is 1. The number of para-hydroxylation sites is 2. The predicted molar refractivity (Wildman–Crippen MR) is 114 cm³/mol. The lowest BCUT2D eigenvalue weighted by molar-refractivity contribution is 0.118. The number of hydrogen-bond acceptors (Lipinski definition) is 3. The second-order valence-corrected chi connectivity index (χ2v) is 7.37. The van der Waals surface area contributed by atoms with Crippen LogP contribution in [0.3, 0.4) is 0 Å². The van der Waals surface area contributed by atoms with Crippen LogP contribution in [0.15, 0.2) is 48.5 Å². The van der Waals surface area contributed by atoms with Gasteiger partial charge in [-0.2, -0.15) is 0 Å². The zero-order chi connectivity index (χ0) is 20.0. The summed E-state index contributed by atoms with van der Waals surface area (Å²) < 4.78 is 5.71. The second kappa shape index (κ2) is 9.45. The number of carbonyl (C=O) groups excluding carboxylic acids is 1. The number of nitrogens with zero attached hydrogens (tertiary/aromatic N) is 1. The van der Waals surface area contributed by atoms with Gasteiger partial charge >= 0.3 is 6.09 Å². The van der Waals surface area contributed by atoms with Gasteiger partial charge in [-0.1, -0.05) is 64.1 Å². The van der Waals surface area contributed by atoms with Crippen molar-refractivity contribution < 1.29 is 9.53 Å². The van der Waals surface area contributed by atoms with E-state index < -0.39 is 6.09 Å². The first-order valence-corrected chi connectivity index (χ1v) is 9.77. The second-order valence-electron chi connectivity index (χ2n) is 7.37. The minimum absolute atomic E-state index is 0.313. The van der Waals surface area contributed by atoms with E-state index in [1.54, 1.807) is 0 Å². The molecule has 0 aromatic heterocycles. The van der Waals surface area contributed by atoms with Gasteiger partial charge in [0.15, 0.2) is 6.23 Å². The van der Waals surface area contributed by atoms with Crippen LogP contribution in [0.25, 0.3) is 0 Å². The Bertz CT molecular complexity index is 715. The average Bonchev–Trinajstić information content (AvgIpc) is 2.62. The van der Waals surface area contributed by atoms with Crippen molar-refractivity contribution >= 4 is 17.5 Å². The number of hydrogen-bond donors (Lipinski definition) is 1. The molecule has 0 spiro atoms. The Morgan fingerprint density at radius 2 is 1.48 bits per heavy atom. The fourth-order valence-electron chi connectivity index (χ4n) is 3.31. The Balaban J connectivity index is 2.18. The monoisotopic (exact) mass is 368 g/mol. The van der Waals surface area contributed by atoms with Gasteiger partial charge in [0.1, 0.15) is 0 Å². The van der Waals surface area contributed by atoms with Gasteiger partial charge in [-0.3, -0.25) is 5.32 Å². The van der Waals surface area contributed by atoms with Crippen LogP contribution in [-0.2, 0) is 4.74 Å². The summed E-state index contributed by atoms with van der Waals surface area (Å²) in [5.41, 5.74) is 4.16. The third-order valence-electron chi connectivity index (χ3n) is 4.75. The molecule has 2 rings (SSSR count). The fraction of sp³-hybridized carbons (Fsp3) is 0.435.